The van der Waals surface area contributed by atoms with Gasteiger partial charge in [-0.25, -0.2) is 4.57 Å². The van der Waals surface area contributed by atoms with Gasteiger partial charge in [-0.1, -0.05) is 27.2 Å². The van der Waals surface area contributed by atoms with Crippen molar-refractivity contribution in [3.8, 4) is 0 Å². The van der Waals surface area contributed by atoms with Gasteiger partial charge in [0.05, 0.1) is 18.8 Å². The molecule has 0 amide bonds. The van der Waals surface area contributed by atoms with E-state index in [9.17, 15) is 4.57 Å². The molecule has 0 spiro atoms. The SMILES string of the molecule is CCCCOP(=O)(OC(C)C)OC(CC)CC. The van der Waals surface area contributed by atoms with Crippen molar-refractivity contribution in [1.29, 1.82) is 0 Å². The van der Waals surface area contributed by atoms with Crippen LogP contribution in [0, 0.1) is 0 Å². The quantitative estimate of drug-likeness (QED) is 0.430. The van der Waals surface area contributed by atoms with Gasteiger partial charge in [-0.15, -0.1) is 0 Å². The predicted octanol–water partition coefficient (Wildman–Crippen LogP) is 4.54. The molecule has 5 heteroatoms. The van der Waals surface area contributed by atoms with Crippen LogP contribution in [-0.4, -0.2) is 18.8 Å². The summed E-state index contributed by atoms with van der Waals surface area (Å²) in [4.78, 5) is 0. The summed E-state index contributed by atoms with van der Waals surface area (Å²) in [7, 11) is -3.39. The third-order valence-electron chi connectivity index (χ3n) is 2.28. The number of unbranched alkanes of at least 4 members (excludes halogenated alkanes) is 1. The van der Waals surface area contributed by atoms with Gasteiger partial charge in [0, 0.05) is 0 Å². The average Bonchev–Trinajstić information content (AvgIpc) is 2.25. The number of phosphoric ester groups is 1. The van der Waals surface area contributed by atoms with E-state index < -0.39 is 7.82 Å². The molecule has 0 heterocycles. The highest BCUT2D eigenvalue weighted by Crippen LogP contribution is 2.52. The lowest BCUT2D eigenvalue weighted by Gasteiger charge is -2.24. The minimum atomic E-state index is -3.39. The van der Waals surface area contributed by atoms with E-state index in [-0.39, 0.29) is 12.2 Å². The zero-order chi connectivity index (χ0) is 13.3. The second-order valence-electron chi connectivity index (χ2n) is 4.33. The molecule has 0 aliphatic rings. The predicted molar refractivity (Wildman–Crippen MR) is 70.1 cm³/mol. The number of hydrogen-bond acceptors (Lipinski definition) is 4. The monoisotopic (exact) mass is 266 g/mol. The highest BCUT2D eigenvalue weighted by atomic mass is 31.2. The second-order valence-corrected chi connectivity index (χ2v) is 5.91. The zero-order valence-electron chi connectivity index (χ0n) is 11.8. The molecular weight excluding hydrogens is 239 g/mol. The Morgan fingerprint density at radius 3 is 2.06 bits per heavy atom. The lowest BCUT2D eigenvalue weighted by atomic mass is 10.2. The van der Waals surface area contributed by atoms with Crippen LogP contribution >= 0.6 is 7.82 Å². The Kier molecular flexibility index (Phi) is 9.15. The molecule has 0 saturated heterocycles. The molecule has 104 valence electrons. The molecule has 4 nitrogen and oxygen atoms in total. The number of rotatable bonds is 10. The van der Waals surface area contributed by atoms with Gasteiger partial charge in [0.2, 0.25) is 0 Å². The number of phosphoric acid groups is 1. The molecule has 0 bridgehead atoms. The number of hydrogen-bond donors (Lipinski definition) is 0. The Balaban J connectivity index is 4.42. The first-order valence-corrected chi connectivity index (χ1v) is 8.04. The van der Waals surface area contributed by atoms with Crippen LogP contribution in [0.5, 0.6) is 0 Å². The molecule has 0 N–H and O–H groups in total. The third-order valence-corrected chi connectivity index (χ3v) is 4.01. The fourth-order valence-corrected chi connectivity index (χ4v) is 2.99. The van der Waals surface area contributed by atoms with Crippen molar-refractivity contribution in [3.63, 3.8) is 0 Å². The van der Waals surface area contributed by atoms with Gasteiger partial charge in [0.15, 0.2) is 0 Å². The topological polar surface area (TPSA) is 44.8 Å². The van der Waals surface area contributed by atoms with Crippen molar-refractivity contribution in [3.05, 3.63) is 0 Å². The first-order valence-electron chi connectivity index (χ1n) is 6.58. The lowest BCUT2D eigenvalue weighted by Crippen LogP contribution is -2.14. The maximum absolute atomic E-state index is 12.4. The van der Waals surface area contributed by atoms with Crippen LogP contribution in [0.2, 0.25) is 0 Å². The highest BCUT2D eigenvalue weighted by Gasteiger charge is 2.30. The largest absolute Gasteiger partial charge is 0.475 e. The maximum atomic E-state index is 12.4. The molecule has 0 aliphatic carbocycles. The fourth-order valence-electron chi connectivity index (χ4n) is 1.28. The smallest absolute Gasteiger partial charge is 0.287 e. The Hall–Kier alpha value is 0.110. The molecule has 0 aliphatic heterocycles. The third kappa shape index (κ3) is 7.93. The minimum absolute atomic E-state index is 0.0683. The van der Waals surface area contributed by atoms with E-state index in [2.05, 4.69) is 6.92 Å². The summed E-state index contributed by atoms with van der Waals surface area (Å²) >= 11 is 0. The van der Waals surface area contributed by atoms with Gasteiger partial charge >= 0.3 is 7.82 Å². The molecule has 0 saturated carbocycles. The first-order chi connectivity index (χ1) is 7.97. The van der Waals surface area contributed by atoms with Gasteiger partial charge in [-0.3, -0.25) is 13.6 Å². The second kappa shape index (κ2) is 9.09. The molecular formula is C12H27O4P. The summed E-state index contributed by atoms with van der Waals surface area (Å²) in [6.45, 7) is 10.1. The van der Waals surface area contributed by atoms with Crippen LogP contribution in [0.15, 0.2) is 0 Å². The van der Waals surface area contributed by atoms with Gasteiger partial charge in [0.25, 0.3) is 0 Å². The fraction of sp³-hybridized carbons (Fsp3) is 1.00. The Labute approximate surface area is 106 Å². The molecule has 1 unspecified atom stereocenters. The summed E-state index contributed by atoms with van der Waals surface area (Å²) in [6, 6.07) is 0. The average molecular weight is 266 g/mol. The Morgan fingerprint density at radius 1 is 1.06 bits per heavy atom. The molecule has 17 heavy (non-hydrogen) atoms. The summed E-state index contributed by atoms with van der Waals surface area (Å²) in [5.41, 5.74) is 0. The van der Waals surface area contributed by atoms with E-state index in [1.54, 1.807) is 0 Å². The van der Waals surface area contributed by atoms with Crippen molar-refractivity contribution >= 4 is 7.82 Å². The highest BCUT2D eigenvalue weighted by molar-refractivity contribution is 7.48. The van der Waals surface area contributed by atoms with Crippen LogP contribution < -0.4 is 0 Å². The van der Waals surface area contributed by atoms with Crippen LogP contribution in [0.25, 0.3) is 0 Å². The molecule has 0 rings (SSSR count). The minimum Gasteiger partial charge on any atom is -0.287 e. The van der Waals surface area contributed by atoms with Gasteiger partial charge in [-0.2, -0.15) is 0 Å². The van der Waals surface area contributed by atoms with Crippen molar-refractivity contribution < 1.29 is 18.1 Å². The summed E-state index contributed by atoms with van der Waals surface area (Å²) < 4.78 is 28.5. The first kappa shape index (κ1) is 17.1. The molecule has 0 radical (unpaired) electrons. The lowest BCUT2D eigenvalue weighted by molar-refractivity contribution is 0.0581. The van der Waals surface area contributed by atoms with Gasteiger partial charge < -0.3 is 0 Å². The van der Waals surface area contributed by atoms with Crippen LogP contribution in [0.3, 0.4) is 0 Å². The molecule has 0 aromatic heterocycles. The summed E-state index contributed by atoms with van der Waals surface area (Å²) in [5, 5.41) is 0. The van der Waals surface area contributed by atoms with E-state index in [1.165, 1.54) is 0 Å². The van der Waals surface area contributed by atoms with E-state index in [1.807, 2.05) is 27.7 Å². The molecule has 0 aromatic rings. The molecule has 0 fully saturated rings. The molecule has 1 atom stereocenters. The van der Waals surface area contributed by atoms with Crippen LogP contribution in [-0.2, 0) is 18.1 Å². The summed E-state index contributed by atoms with van der Waals surface area (Å²) in [5.74, 6) is 0. The van der Waals surface area contributed by atoms with E-state index >= 15 is 0 Å². The van der Waals surface area contributed by atoms with Crippen molar-refractivity contribution in [2.45, 2.75) is 72.5 Å². The van der Waals surface area contributed by atoms with E-state index in [0.29, 0.717) is 6.61 Å². The van der Waals surface area contributed by atoms with Crippen molar-refractivity contribution in [2.75, 3.05) is 6.61 Å². The zero-order valence-corrected chi connectivity index (χ0v) is 12.7. The van der Waals surface area contributed by atoms with Gasteiger partial charge in [-0.05, 0) is 33.1 Å². The van der Waals surface area contributed by atoms with Gasteiger partial charge in [0.1, 0.15) is 0 Å². The van der Waals surface area contributed by atoms with E-state index in [4.69, 9.17) is 13.6 Å². The van der Waals surface area contributed by atoms with Crippen LogP contribution in [0.4, 0.5) is 0 Å². The van der Waals surface area contributed by atoms with Crippen molar-refractivity contribution in [2.24, 2.45) is 0 Å². The normalized spacial score (nSPS) is 15.5. The molecule has 0 aromatic carbocycles. The maximum Gasteiger partial charge on any atom is 0.475 e. The van der Waals surface area contributed by atoms with E-state index in [0.717, 1.165) is 25.7 Å². The van der Waals surface area contributed by atoms with Crippen LogP contribution in [0.1, 0.15) is 60.3 Å². The Bertz CT molecular complexity index is 227. The summed E-state index contributed by atoms with van der Waals surface area (Å²) in [6.07, 6.45) is 3.22. The Morgan fingerprint density at radius 2 is 1.65 bits per heavy atom. The standard InChI is InChI=1S/C12H27O4P/c1-6-9-10-14-17(13,15-11(4)5)16-12(7-2)8-3/h11-12H,6-10H2,1-5H3. The van der Waals surface area contributed by atoms with Crippen molar-refractivity contribution in [1.82, 2.24) is 0 Å².